The summed E-state index contributed by atoms with van der Waals surface area (Å²) in [5.74, 6) is 0.272. The molecule has 0 aromatic carbocycles. The molecule has 0 radical (unpaired) electrons. The molecule has 500 valence electrons. The average Bonchev–Trinajstić information content (AvgIpc) is 3.50. The van der Waals surface area contributed by atoms with E-state index in [9.17, 15) is 34.8 Å². The van der Waals surface area contributed by atoms with E-state index in [-0.39, 0.29) is 11.8 Å². The van der Waals surface area contributed by atoms with E-state index in [1.165, 1.54) is 186 Å². The minimum atomic E-state index is -1.89. The zero-order chi connectivity index (χ0) is 61.3. The number of unbranched alkanes of at least 4 members (excludes halogenated alkanes) is 33. The van der Waals surface area contributed by atoms with Crippen molar-refractivity contribution < 1.29 is 39.9 Å². The molecule has 84 heavy (non-hydrogen) atoms. The Labute approximate surface area is 515 Å². The van der Waals surface area contributed by atoms with Crippen molar-refractivity contribution in [3.05, 3.63) is 0 Å². The lowest BCUT2D eigenvalue weighted by molar-refractivity contribution is -0.148. The Morgan fingerprint density at radius 2 is 0.595 bits per heavy atom. The van der Waals surface area contributed by atoms with Crippen LogP contribution in [0.1, 0.15) is 276 Å². The van der Waals surface area contributed by atoms with Gasteiger partial charge in [-0.25, -0.2) is 0 Å². The normalized spacial score (nSPS) is 13.1. The molecular weight excluding hydrogens is 1060 g/mol. The molecule has 0 saturated heterocycles. The Kier molecular flexibility index (Phi) is 65.3. The van der Waals surface area contributed by atoms with Crippen molar-refractivity contribution >= 4 is 17.7 Å². The molecule has 14 N–H and O–H groups in total. The van der Waals surface area contributed by atoms with Crippen LogP contribution in [0.3, 0.4) is 0 Å². The van der Waals surface area contributed by atoms with Crippen LogP contribution in [0.25, 0.3) is 0 Å². The highest BCUT2D eigenvalue weighted by atomic mass is 16.4. The average molecular weight is 1200 g/mol. The Balaban J connectivity index is 3.56. The predicted octanol–water partition coefficient (Wildman–Crippen LogP) is 8.96. The van der Waals surface area contributed by atoms with Crippen LogP contribution in [0.4, 0.5) is 0 Å². The number of carbonyl (C=O) groups excluding carboxylic acids is 3. The van der Waals surface area contributed by atoms with Gasteiger partial charge in [-0.15, -0.1) is 0 Å². The summed E-state index contributed by atoms with van der Waals surface area (Å²) in [5.41, 5.74) is 0. The fourth-order valence-corrected chi connectivity index (χ4v) is 10.9. The van der Waals surface area contributed by atoms with Gasteiger partial charge in [0.15, 0.2) is 6.10 Å². The molecule has 0 aromatic heterocycles. The highest BCUT2D eigenvalue weighted by Gasteiger charge is 2.34. The molecule has 0 aliphatic carbocycles. The number of rotatable bonds is 70. The number of amides is 3. The van der Waals surface area contributed by atoms with Crippen molar-refractivity contribution in [1.29, 1.82) is 0 Å². The molecule has 0 aliphatic heterocycles. The molecule has 0 rings (SSSR count). The van der Waals surface area contributed by atoms with Gasteiger partial charge in [-0.05, 0) is 163 Å². The summed E-state index contributed by atoms with van der Waals surface area (Å²) in [6.07, 6.45) is 44.1. The summed E-state index contributed by atoms with van der Waals surface area (Å²) in [7, 11) is 4.03. The molecule has 0 spiro atoms. The van der Waals surface area contributed by atoms with E-state index in [1.54, 1.807) is 0 Å². The fraction of sp³-hybridized carbons (Fsp3) is 0.955. The smallest absolute Gasteiger partial charge is 0.251 e. The summed E-state index contributed by atoms with van der Waals surface area (Å²) in [6, 6.07) is 0. The van der Waals surface area contributed by atoms with Crippen LogP contribution in [-0.4, -0.2) is 173 Å². The van der Waals surface area contributed by atoms with Gasteiger partial charge in [0.05, 0.1) is 6.61 Å². The third-order valence-corrected chi connectivity index (χ3v) is 16.5. The van der Waals surface area contributed by atoms with Crippen LogP contribution < -0.4 is 47.9 Å². The highest BCUT2D eigenvalue weighted by molar-refractivity contribution is 5.81. The van der Waals surface area contributed by atoms with Crippen molar-refractivity contribution in [2.24, 2.45) is 5.92 Å². The van der Waals surface area contributed by atoms with Gasteiger partial charge in [0, 0.05) is 32.5 Å². The second-order valence-corrected chi connectivity index (χ2v) is 24.6. The van der Waals surface area contributed by atoms with E-state index in [2.05, 4.69) is 47.9 Å². The molecule has 0 fully saturated rings. The number of aliphatic hydroxyl groups excluding tert-OH is 5. The van der Waals surface area contributed by atoms with Gasteiger partial charge in [-0.3, -0.25) is 14.4 Å². The summed E-state index contributed by atoms with van der Waals surface area (Å²) in [6.45, 7) is 12.2. The number of hydrogen-bond donors (Lipinski definition) is 14. The monoisotopic (exact) mass is 1200 g/mol. The van der Waals surface area contributed by atoms with Gasteiger partial charge in [0.2, 0.25) is 11.8 Å². The number of hydrogen-bond acceptors (Lipinski definition) is 14. The first-order valence-corrected chi connectivity index (χ1v) is 35.4. The first kappa shape index (κ1) is 82.0. The Bertz CT molecular complexity index is 1350. The van der Waals surface area contributed by atoms with Crippen LogP contribution in [0.5, 0.6) is 0 Å². The molecule has 0 saturated carbocycles. The maximum atomic E-state index is 12.5. The molecule has 0 unspecified atom stereocenters. The Morgan fingerprint density at radius 3 is 0.940 bits per heavy atom. The lowest BCUT2D eigenvalue weighted by Crippen LogP contribution is -2.51. The van der Waals surface area contributed by atoms with Crippen LogP contribution in [0, 0.1) is 5.92 Å². The molecular formula is C67H139N9O8. The second kappa shape index (κ2) is 66.9. The van der Waals surface area contributed by atoms with Crippen LogP contribution >= 0.6 is 0 Å². The summed E-state index contributed by atoms with van der Waals surface area (Å²) >= 11 is 0. The van der Waals surface area contributed by atoms with E-state index >= 15 is 0 Å². The molecule has 0 aliphatic rings. The van der Waals surface area contributed by atoms with Crippen molar-refractivity contribution in [1.82, 2.24) is 47.9 Å². The first-order chi connectivity index (χ1) is 41.2. The molecule has 0 bridgehead atoms. The molecule has 0 aromatic rings. The topological polar surface area (TPSA) is 261 Å². The minimum absolute atomic E-state index is 0.178. The van der Waals surface area contributed by atoms with Gasteiger partial charge < -0.3 is 73.4 Å². The largest absolute Gasteiger partial charge is 0.394 e. The van der Waals surface area contributed by atoms with E-state index in [0.717, 1.165) is 156 Å². The highest BCUT2D eigenvalue weighted by Crippen LogP contribution is 2.17. The van der Waals surface area contributed by atoms with E-state index < -0.39 is 36.9 Å². The minimum Gasteiger partial charge on any atom is -0.394 e. The zero-order valence-corrected chi connectivity index (χ0v) is 54.7. The van der Waals surface area contributed by atoms with Crippen LogP contribution in [0.15, 0.2) is 0 Å². The van der Waals surface area contributed by atoms with Crippen molar-refractivity contribution in [2.45, 2.75) is 301 Å². The maximum absolute atomic E-state index is 12.5. The molecule has 17 nitrogen and oxygen atoms in total. The molecule has 4 atom stereocenters. The van der Waals surface area contributed by atoms with Gasteiger partial charge in [0.1, 0.15) is 18.3 Å². The fourth-order valence-electron chi connectivity index (χ4n) is 10.9. The summed E-state index contributed by atoms with van der Waals surface area (Å²) in [5, 5.41) is 77.4. The third kappa shape index (κ3) is 59.0. The summed E-state index contributed by atoms with van der Waals surface area (Å²) in [4.78, 5) is 36.6. The lowest BCUT2D eigenvalue weighted by atomic mass is 10.00. The quantitative estimate of drug-likeness (QED) is 0.0254. The second-order valence-electron chi connectivity index (χ2n) is 24.6. The van der Waals surface area contributed by atoms with Crippen molar-refractivity contribution in [3.8, 4) is 0 Å². The number of aliphatic hydroxyl groups is 5. The van der Waals surface area contributed by atoms with Gasteiger partial charge in [-0.2, -0.15) is 0 Å². The molecule has 17 heteroatoms. The van der Waals surface area contributed by atoms with Gasteiger partial charge >= 0.3 is 0 Å². The molecule has 0 heterocycles. The lowest BCUT2D eigenvalue weighted by Gasteiger charge is -2.24. The maximum Gasteiger partial charge on any atom is 0.251 e. The number of nitrogens with one attached hydrogen (secondary N) is 9. The van der Waals surface area contributed by atoms with Gasteiger partial charge in [0.25, 0.3) is 5.91 Å². The van der Waals surface area contributed by atoms with E-state index in [4.69, 9.17) is 5.11 Å². The van der Waals surface area contributed by atoms with E-state index in [0.29, 0.717) is 25.3 Å². The van der Waals surface area contributed by atoms with Crippen LogP contribution in [-0.2, 0) is 14.4 Å². The van der Waals surface area contributed by atoms with Crippen LogP contribution in [0.2, 0.25) is 0 Å². The Hall–Kier alpha value is -2.03. The standard InChI is InChI=1S/C67H139N9O8/c1-68-46-41-52-70-48-37-39-50-72-57-60(58-73-51-40-38-49-71-53-42-47-69-2)43-31-27-30-35-55-75-63(80)45-32-25-21-17-14-12-10-8-6-4-3-5-7-9-11-13-15-19-23-28-34-54-74-62(79)44-33-26-22-18-16-20-24-29-36-56-76-67(84)66(83)65(82)64(81)61(78)59-77/h60-61,64-66,68-73,77-78,81-83H,3-59H2,1-2H3,(H,74,79)(H,75,80)(H,76,84)/t61-,64-,65+,66-/m1/s1. The Morgan fingerprint density at radius 1 is 0.310 bits per heavy atom. The third-order valence-electron chi connectivity index (χ3n) is 16.5. The molecule has 3 amide bonds. The first-order valence-electron chi connectivity index (χ1n) is 35.4. The zero-order valence-electron chi connectivity index (χ0n) is 54.7. The SMILES string of the molecule is CNCCCNCCCCNCC(CCCCCCNC(=O)CCCCCCCCCCCCCCCCCCCCCCCNC(=O)CCCCCCCCCCCNC(=O)[C@H](O)[C@@H](O)[C@H](O)[C@H](O)CO)CNCCCCNCCCNC. The van der Waals surface area contributed by atoms with Crippen molar-refractivity contribution in [2.75, 3.05) is 106 Å². The number of carbonyl (C=O) groups is 3. The van der Waals surface area contributed by atoms with Crippen molar-refractivity contribution in [3.63, 3.8) is 0 Å². The predicted molar refractivity (Wildman–Crippen MR) is 351 cm³/mol. The summed E-state index contributed by atoms with van der Waals surface area (Å²) < 4.78 is 0. The van der Waals surface area contributed by atoms with Gasteiger partial charge in [-0.1, -0.05) is 186 Å². The van der Waals surface area contributed by atoms with E-state index in [1.807, 2.05) is 14.1 Å².